The molecule has 2 aromatic rings. The van der Waals surface area contributed by atoms with Gasteiger partial charge in [0.2, 0.25) is 10.0 Å². The average molecular weight is 461 g/mol. The molecular weight excluding hydrogens is 436 g/mol. The standard InChI is InChI=1S/C22H25BrN2O2S/c1-2-3-13-24-28(26,27)17-11-12-21-20(14-17)18-5-4-6-19(18)22(25-21)15-7-9-16(23)10-8-15/h4-5,7-12,14,18-19,22,24-25H,2-3,6,13H2,1H3. The van der Waals surface area contributed by atoms with E-state index in [2.05, 4.69) is 62.4 Å². The number of hydrogen-bond donors (Lipinski definition) is 2. The normalized spacial score (nSPS) is 23.1. The summed E-state index contributed by atoms with van der Waals surface area (Å²) in [6.07, 6.45) is 7.25. The lowest BCUT2D eigenvalue weighted by Crippen LogP contribution is -2.30. The first-order chi connectivity index (χ1) is 13.5. The highest BCUT2D eigenvalue weighted by Crippen LogP contribution is 2.50. The van der Waals surface area contributed by atoms with Crippen LogP contribution in [0.2, 0.25) is 0 Å². The topological polar surface area (TPSA) is 58.2 Å². The molecule has 2 N–H and O–H groups in total. The molecule has 0 fully saturated rings. The van der Waals surface area contributed by atoms with E-state index in [0.29, 0.717) is 17.4 Å². The van der Waals surface area contributed by atoms with E-state index >= 15 is 0 Å². The summed E-state index contributed by atoms with van der Waals surface area (Å²) in [7, 11) is -3.47. The van der Waals surface area contributed by atoms with E-state index in [4.69, 9.17) is 0 Å². The summed E-state index contributed by atoms with van der Waals surface area (Å²) in [6, 6.07) is 14.1. The van der Waals surface area contributed by atoms with Crippen LogP contribution < -0.4 is 10.0 Å². The van der Waals surface area contributed by atoms with Crippen LogP contribution in [0.5, 0.6) is 0 Å². The van der Waals surface area contributed by atoms with Gasteiger partial charge in [0.15, 0.2) is 0 Å². The molecule has 0 radical (unpaired) electrons. The molecule has 1 aliphatic carbocycles. The van der Waals surface area contributed by atoms with Gasteiger partial charge in [-0.25, -0.2) is 13.1 Å². The van der Waals surface area contributed by atoms with Gasteiger partial charge in [-0.15, -0.1) is 0 Å². The Morgan fingerprint density at radius 2 is 1.96 bits per heavy atom. The third kappa shape index (κ3) is 3.78. The van der Waals surface area contributed by atoms with E-state index < -0.39 is 10.0 Å². The maximum Gasteiger partial charge on any atom is 0.240 e. The van der Waals surface area contributed by atoms with Crippen LogP contribution in [-0.4, -0.2) is 15.0 Å². The first kappa shape index (κ1) is 19.7. The second-order valence-corrected chi connectivity index (χ2v) is 10.2. The number of fused-ring (bicyclic) bond motifs is 3. The van der Waals surface area contributed by atoms with Crippen LogP contribution in [0.4, 0.5) is 5.69 Å². The van der Waals surface area contributed by atoms with Crippen molar-refractivity contribution in [2.24, 2.45) is 5.92 Å². The summed E-state index contributed by atoms with van der Waals surface area (Å²) in [5.41, 5.74) is 3.35. The Balaban J connectivity index is 1.66. The smallest absolute Gasteiger partial charge is 0.240 e. The van der Waals surface area contributed by atoms with Gasteiger partial charge in [0.1, 0.15) is 0 Å². The molecule has 2 aliphatic rings. The van der Waals surface area contributed by atoms with Gasteiger partial charge >= 0.3 is 0 Å². The van der Waals surface area contributed by atoms with Crippen molar-refractivity contribution >= 4 is 31.6 Å². The number of unbranched alkanes of at least 4 members (excludes halogenated alkanes) is 1. The van der Waals surface area contributed by atoms with Crippen LogP contribution in [0.3, 0.4) is 0 Å². The number of anilines is 1. The van der Waals surface area contributed by atoms with Gasteiger partial charge in [-0.1, -0.05) is 53.6 Å². The number of nitrogens with one attached hydrogen (secondary N) is 2. The Labute approximate surface area is 175 Å². The first-order valence-corrected chi connectivity index (χ1v) is 12.1. The Bertz CT molecular complexity index is 986. The van der Waals surface area contributed by atoms with Crippen molar-refractivity contribution in [1.29, 1.82) is 0 Å². The zero-order valence-corrected chi connectivity index (χ0v) is 18.3. The summed E-state index contributed by atoms with van der Waals surface area (Å²) in [5, 5.41) is 3.66. The molecule has 148 valence electrons. The minimum Gasteiger partial charge on any atom is -0.378 e. The molecule has 0 aromatic heterocycles. The molecule has 4 nitrogen and oxygen atoms in total. The molecule has 0 amide bonds. The van der Waals surface area contributed by atoms with Crippen molar-refractivity contribution in [2.45, 2.75) is 43.0 Å². The summed E-state index contributed by atoms with van der Waals surface area (Å²) < 4.78 is 29.1. The minimum atomic E-state index is -3.47. The fourth-order valence-electron chi connectivity index (χ4n) is 4.21. The molecule has 1 heterocycles. The van der Waals surface area contributed by atoms with E-state index in [9.17, 15) is 8.42 Å². The van der Waals surface area contributed by atoms with E-state index in [0.717, 1.165) is 35.0 Å². The number of benzene rings is 2. The van der Waals surface area contributed by atoms with Gasteiger partial charge in [0.05, 0.1) is 10.9 Å². The van der Waals surface area contributed by atoms with Crippen molar-refractivity contribution in [3.05, 3.63) is 70.2 Å². The average Bonchev–Trinajstić information content (AvgIpc) is 3.18. The fraction of sp³-hybridized carbons (Fsp3) is 0.364. The molecule has 28 heavy (non-hydrogen) atoms. The summed E-state index contributed by atoms with van der Waals surface area (Å²) in [4.78, 5) is 0.352. The molecule has 2 aromatic carbocycles. The predicted molar refractivity (Wildman–Crippen MR) is 117 cm³/mol. The number of allylic oxidation sites excluding steroid dienone is 2. The highest BCUT2D eigenvalue weighted by atomic mass is 79.9. The number of halogens is 1. The largest absolute Gasteiger partial charge is 0.378 e. The van der Waals surface area contributed by atoms with Crippen molar-refractivity contribution < 1.29 is 8.42 Å². The third-order valence-corrected chi connectivity index (χ3v) is 7.68. The van der Waals surface area contributed by atoms with Crippen molar-refractivity contribution in [1.82, 2.24) is 4.72 Å². The summed E-state index contributed by atoms with van der Waals surface area (Å²) in [6.45, 7) is 2.53. The first-order valence-electron chi connectivity index (χ1n) is 9.82. The maximum atomic E-state index is 12.6. The Hall–Kier alpha value is -1.63. The number of rotatable bonds is 6. The minimum absolute atomic E-state index is 0.214. The van der Waals surface area contributed by atoms with Crippen LogP contribution in [0.1, 0.15) is 49.3 Å². The molecule has 1 aliphatic heterocycles. The summed E-state index contributed by atoms with van der Waals surface area (Å²) >= 11 is 3.50. The van der Waals surface area contributed by atoms with Gasteiger partial charge in [-0.2, -0.15) is 0 Å². The Kier molecular flexibility index (Phi) is 5.63. The van der Waals surface area contributed by atoms with Crippen molar-refractivity contribution in [3.8, 4) is 0 Å². The lowest BCUT2D eigenvalue weighted by atomic mass is 9.77. The fourth-order valence-corrected chi connectivity index (χ4v) is 5.58. The zero-order valence-electron chi connectivity index (χ0n) is 15.9. The van der Waals surface area contributed by atoms with Gasteiger partial charge in [0.25, 0.3) is 0 Å². The quantitative estimate of drug-likeness (QED) is 0.450. The van der Waals surface area contributed by atoms with Gasteiger partial charge in [0, 0.05) is 22.6 Å². The molecular formula is C22H25BrN2O2S. The molecule has 6 heteroatoms. The molecule has 0 saturated heterocycles. The predicted octanol–water partition coefficient (Wildman–Crippen LogP) is 5.35. The molecule has 0 spiro atoms. The summed E-state index contributed by atoms with van der Waals surface area (Å²) in [5.74, 6) is 0.621. The van der Waals surface area contributed by atoms with Crippen LogP contribution in [-0.2, 0) is 10.0 Å². The van der Waals surface area contributed by atoms with Gasteiger partial charge in [-0.3, -0.25) is 0 Å². The van der Waals surface area contributed by atoms with Crippen LogP contribution in [0.15, 0.2) is 64.0 Å². The van der Waals surface area contributed by atoms with Crippen LogP contribution >= 0.6 is 15.9 Å². The molecule has 0 saturated carbocycles. The Morgan fingerprint density at radius 1 is 1.18 bits per heavy atom. The lowest BCUT2D eigenvalue weighted by molar-refractivity contribution is 0.425. The van der Waals surface area contributed by atoms with Crippen LogP contribution in [0.25, 0.3) is 0 Å². The SMILES string of the molecule is CCCCNS(=O)(=O)c1ccc2c(c1)C1C=CCC1C(c1ccc(Br)cc1)N2. The number of sulfonamides is 1. The second kappa shape index (κ2) is 8.01. The highest BCUT2D eigenvalue weighted by molar-refractivity contribution is 9.10. The monoisotopic (exact) mass is 460 g/mol. The van der Waals surface area contributed by atoms with Gasteiger partial charge in [-0.05, 0) is 60.2 Å². The van der Waals surface area contributed by atoms with E-state index in [1.165, 1.54) is 5.56 Å². The Morgan fingerprint density at radius 3 is 2.71 bits per heavy atom. The maximum absolute atomic E-state index is 12.6. The molecule has 4 rings (SSSR count). The van der Waals surface area contributed by atoms with E-state index in [1.54, 1.807) is 6.07 Å². The van der Waals surface area contributed by atoms with Crippen molar-refractivity contribution in [3.63, 3.8) is 0 Å². The number of hydrogen-bond acceptors (Lipinski definition) is 3. The van der Waals surface area contributed by atoms with Gasteiger partial charge < -0.3 is 5.32 Å². The molecule has 3 unspecified atom stereocenters. The van der Waals surface area contributed by atoms with E-state index in [-0.39, 0.29) is 12.0 Å². The third-order valence-electron chi connectivity index (χ3n) is 5.70. The van der Waals surface area contributed by atoms with E-state index in [1.807, 2.05) is 19.1 Å². The zero-order chi connectivity index (χ0) is 19.7. The second-order valence-electron chi connectivity index (χ2n) is 7.53. The molecule has 0 bridgehead atoms. The van der Waals surface area contributed by atoms with Crippen LogP contribution in [0, 0.1) is 5.92 Å². The lowest BCUT2D eigenvalue weighted by Gasteiger charge is -2.37. The van der Waals surface area contributed by atoms with Crippen molar-refractivity contribution in [2.75, 3.05) is 11.9 Å². The highest BCUT2D eigenvalue weighted by Gasteiger charge is 2.38. The molecule has 3 atom stereocenters.